The Hall–Kier alpha value is -1.85. The second-order valence-electron chi connectivity index (χ2n) is 4.42. The Bertz CT molecular complexity index is 694. The molecule has 0 bridgehead atoms. The van der Waals surface area contributed by atoms with Crippen molar-refractivity contribution in [2.24, 2.45) is 5.14 Å². The largest absolute Gasteiger partial charge is 0.508 e. The fraction of sp³-hybridized carbons (Fsp3) is 0.143. The molecule has 0 aliphatic carbocycles. The van der Waals surface area contributed by atoms with Crippen molar-refractivity contribution in [3.8, 4) is 5.75 Å². The fourth-order valence-corrected chi connectivity index (χ4v) is 3.14. The number of sulfonamides is 1. The van der Waals surface area contributed by atoms with Crippen LogP contribution in [0.15, 0.2) is 47.4 Å². The van der Waals surface area contributed by atoms with E-state index in [1.807, 2.05) is 30.3 Å². The zero-order valence-electron chi connectivity index (χ0n) is 10.5. The van der Waals surface area contributed by atoms with Gasteiger partial charge >= 0.3 is 0 Å². The van der Waals surface area contributed by atoms with E-state index in [9.17, 15) is 13.5 Å². The number of aryl methyl sites for hydroxylation is 1. The van der Waals surface area contributed by atoms with Crippen LogP contribution in [0.3, 0.4) is 0 Å². The third-order valence-electron chi connectivity index (χ3n) is 2.94. The minimum atomic E-state index is -3.87. The Labute approximate surface area is 112 Å². The van der Waals surface area contributed by atoms with Crippen LogP contribution in [0.1, 0.15) is 16.7 Å². The summed E-state index contributed by atoms with van der Waals surface area (Å²) in [6, 6.07) is 12.4. The van der Waals surface area contributed by atoms with Crippen LogP contribution >= 0.6 is 0 Å². The average Bonchev–Trinajstić information content (AvgIpc) is 2.33. The van der Waals surface area contributed by atoms with Crippen LogP contribution in [0, 0.1) is 6.92 Å². The molecule has 100 valence electrons. The number of hydrogen-bond donors (Lipinski definition) is 2. The molecule has 2 aromatic carbocycles. The maximum absolute atomic E-state index is 11.7. The first-order chi connectivity index (χ1) is 8.89. The highest BCUT2D eigenvalue weighted by molar-refractivity contribution is 7.89. The molecule has 0 aromatic heterocycles. The topological polar surface area (TPSA) is 80.4 Å². The van der Waals surface area contributed by atoms with Gasteiger partial charge in [0.05, 0.1) is 4.90 Å². The Morgan fingerprint density at radius 3 is 2.32 bits per heavy atom. The molecule has 5 heteroatoms. The number of rotatable bonds is 3. The zero-order valence-corrected chi connectivity index (χ0v) is 11.3. The lowest BCUT2D eigenvalue weighted by Crippen LogP contribution is -2.16. The van der Waals surface area contributed by atoms with Gasteiger partial charge in [-0.05, 0) is 24.1 Å². The van der Waals surface area contributed by atoms with Crippen molar-refractivity contribution < 1.29 is 13.5 Å². The van der Waals surface area contributed by atoms with Gasteiger partial charge in [-0.1, -0.05) is 36.4 Å². The van der Waals surface area contributed by atoms with Crippen molar-refractivity contribution in [1.82, 2.24) is 0 Å². The van der Waals surface area contributed by atoms with Crippen molar-refractivity contribution in [3.63, 3.8) is 0 Å². The van der Waals surface area contributed by atoms with E-state index in [-0.39, 0.29) is 10.6 Å². The lowest BCUT2D eigenvalue weighted by molar-refractivity contribution is 0.466. The Morgan fingerprint density at radius 1 is 1.11 bits per heavy atom. The van der Waals surface area contributed by atoms with Gasteiger partial charge in [0.1, 0.15) is 5.75 Å². The van der Waals surface area contributed by atoms with Gasteiger partial charge in [-0.2, -0.15) is 0 Å². The average molecular weight is 277 g/mol. The van der Waals surface area contributed by atoms with E-state index < -0.39 is 10.0 Å². The molecule has 0 aliphatic heterocycles. The first kappa shape index (κ1) is 13.6. The van der Waals surface area contributed by atoms with Crippen molar-refractivity contribution in [3.05, 3.63) is 59.2 Å². The zero-order chi connectivity index (χ0) is 14.0. The maximum atomic E-state index is 11.7. The third kappa shape index (κ3) is 2.94. The molecule has 2 rings (SSSR count). The molecule has 4 nitrogen and oxygen atoms in total. The van der Waals surface area contributed by atoms with E-state index in [1.54, 1.807) is 13.0 Å². The fourth-order valence-electron chi connectivity index (χ4n) is 2.10. The summed E-state index contributed by atoms with van der Waals surface area (Å²) in [5, 5.41) is 15.2. The molecule has 0 saturated heterocycles. The number of aromatic hydroxyl groups is 1. The summed E-state index contributed by atoms with van der Waals surface area (Å²) in [5.74, 6) is -0.0570. The molecule has 0 atom stereocenters. The first-order valence-electron chi connectivity index (χ1n) is 5.78. The van der Waals surface area contributed by atoms with Crippen LogP contribution in [0.2, 0.25) is 0 Å². The minimum Gasteiger partial charge on any atom is -0.508 e. The van der Waals surface area contributed by atoms with Crippen molar-refractivity contribution in [1.29, 1.82) is 0 Å². The summed E-state index contributed by atoms with van der Waals surface area (Å²) in [6.45, 7) is 1.66. The molecule has 0 heterocycles. The summed E-state index contributed by atoms with van der Waals surface area (Å²) >= 11 is 0. The SMILES string of the molecule is Cc1ccc(O)c(Cc2ccccc2)c1S(N)(=O)=O. The van der Waals surface area contributed by atoms with Crippen LogP contribution in [0.5, 0.6) is 5.75 Å². The Morgan fingerprint density at radius 2 is 1.74 bits per heavy atom. The lowest BCUT2D eigenvalue weighted by atomic mass is 10.0. The number of primary sulfonamides is 1. The highest BCUT2D eigenvalue weighted by atomic mass is 32.2. The van der Waals surface area contributed by atoms with Crippen molar-refractivity contribution in [2.75, 3.05) is 0 Å². The summed E-state index contributed by atoms with van der Waals surface area (Å²) < 4.78 is 23.4. The van der Waals surface area contributed by atoms with E-state index in [2.05, 4.69) is 0 Å². The van der Waals surface area contributed by atoms with E-state index in [4.69, 9.17) is 5.14 Å². The summed E-state index contributed by atoms with van der Waals surface area (Å²) in [5.41, 5.74) is 1.79. The van der Waals surface area contributed by atoms with Gasteiger partial charge in [0.15, 0.2) is 0 Å². The quantitative estimate of drug-likeness (QED) is 0.899. The standard InChI is InChI=1S/C14H15NO3S/c1-10-7-8-13(16)12(14(10)19(15,17)18)9-11-5-3-2-4-6-11/h2-8,16H,9H2,1H3,(H2,15,17,18). The number of hydrogen-bond acceptors (Lipinski definition) is 3. The van der Waals surface area contributed by atoms with E-state index in [1.165, 1.54) is 6.07 Å². The number of nitrogens with two attached hydrogens (primary N) is 1. The third-order valence-corrected chi connectivity index (χ3v) is 4.08. The van der Waals surface area contributed by atoms with Gasteiger partial charge in [0.2, 0.25) is 10.0 Å². The predicted molar refractivity (Wildman–Crippen MR) is 73.5 cm³/mol. The molecular formula is C14H15NO3S. The lowest BCUT2D eigenvalue weighted by Gasteiger charge is -2.12. The molecule has 0 saturated carbocycles. The van der Waals surface area contributed by atoms with E-state index >= 15 is 0 Å². The predicted octanol–water partition coefficient (Wildman–Crippen LogP) is 1.94. The molecule has 0 amide bonds. The molecule has 0 aliphatic rings. The molecule has 19 heavy (non-hydrogen) atoms. The van der Waals surface area contributed by atoms with Gasteiger partial charge in [-0.25, -0.2) is 13.6 Å². The van der Waals surface area contributed by atoms with Gasteiger partial charge in [-0.15, -0.1) is 0 Å². The number of phenolic OH excluding ortho intramolecular Hbond substituents is 1. The van der Waals surface area contributed by atoms with Gasteiger partial charge in [0.25, 0.3) is 0 Å². The smallest absolute Gasteiger partial charge is 0.238 e. The second-order valence-corrected chi connectivity index (χ2v) is 5.91. The van der Waals surface area contributed by atoms with Crippen LogP contribution in [0.4, 0.5) is 0 Å². The summed E-state index contributed by atoms with van der Waals surface area (Å²) in [6.07, 6.45) is 0.320. The van der Waals surface area contributed by atoms with Crippen LogP contribution in [0.25, 0.3) is 0 Å². The van der Waals surface area contributed by atoms with E-state index in [0.29, 0.717) is 17.5 Å². The maximum Gasteiger partial charge on any atom is 0.238 e. The number of benzene rings is 2. The molecule has 0 unspecified atom stereocenters. The van der Waals surface area contributed by atoms with E-state index in [0.717, 1.165) is 5.56 Å². The Kier molecular flexibility index (Phi) is 3.59. The van der Waals surface area contributed by atoms with Crippen LogP contribution < -0.4 is 5.14 Å². The van der Waals surface area contributed by atoms with Gasteiger partial charge in [-0.3, -0.25) is 0 Å². The molecular weight excluding hydrogens is 262 g/mol. The normalized spacial score (nSPS) is 11.5. The molecule has 3 N–H and O–H groups in total. The van der Waals surface area contributed by atoms with Crippen LogP contribution in [-0.2, 0) is 16.4 Å². The first-order valence-corrected chi connectivity index (χ1v) is 7.32. The number of phenols is 1. The van der Waals surface area contributed by atoms with Crippen molar-refractivity contribution >= 4 is 10.0 Å². The summed E-state index contributed by atoms with van der Waals surface area (Å²) in [4.78, 5) is 0.0105. The highest BCUT2D eigenvalue weighted by Crippen LogP contribution is 2.29. The Balaban J connectivity index is 2.60. The second kappa shape index (κ2) is 5.03. The molecule has 0 spiro atoms. The highest BCUT2D eigenvalue weighted by Gasteiger charge is 2.20. The summed E-state index contributed by atoms with van der Waals surface area (Å²) in [7, 11) is -3.87. The van der Waals surface area contributed by atoms with Gasteiger partial charge < -0.3 is 5.11 Å². The van der Waals surface area contributed by atoms with Crippen LogP contribution in [-0.4, -0.2) is 13.5 Å². The van der Waals surface area contributed by atoms with Crippen molar-refractivity contribution in [2.45, 2.75) is 18.2 Å². The molecule has 2 aromatic rings. The molecule has 0 fully saturated rings. The molecule has 0 radical (unpaired) electrons. The van der Waals surface area contributed by atoms with Gasteiger partial charge in [0, 0.05) is 12.0 Å². The monoisotopic (exact) mass is 277 g/mol. The minimum absolute atomic E-state index is 0.0105.